The Morgan fingerprint density at radius 2 is 2.33 bits per heavy atom. The fourth-order valence-corrected chi connectivity index (χ4v) is 2.19. The van der Waals surface area contributed by atoms with Crippen molar-refractivity contribution in [1.82, 2.24) is 5.32 Å². The molecule has 2 rings (SSSR count). The zero-order valence-corrected chi connectivity index (χ0v) is 11.6. The van der Waals surface area contributed by atoms with Gasteiger partial charge in [-0.25, -0.2) is 0 Å². The molecule has 5 heteroatoms. The Balaban J connectivity index is 1.69. The maximum absolute atomic E-state index is 11.6. The van der Waals surface area contributed by atoms with Crippen molar-refractivity contribution in [3.8, 4) is 5.75 Å². The van der Waals surface area contributed by atoms with Crippen LogP contribution in [0.15, 0.2) is 28.7 Å². The lowest BCUT2D eigenvalue weighted by Crippen LogP contribution is -2.35. The number of para-hydroxylation sites is 1. The molecule has 1 heterocycles. The Bertz CT molecular complexity index is 405. The number of amides is 1. The molecular weight excluding hydrogens is 298 g/mol. The first kappa shape index (κ1) is 13.4. The van der Waals surface area contributed by atoms with E-state index in [1.54, 1.807) is 0 Å². The molecule has 0 radical (unpaired) electrons. The Morgan fingerprint density at radius 1 is 1.50 bits per heavy atom. The van der Waals surface area contributed by atoms with Crippen LogP contribution in [-0.4, -0.2) is 31.8 Å². The van der Waals surface area contributed by atoms with Gasteiger partial charge in [0.15, 0.2) is 6.61 Å². The summed E-state index contributed by atoms with van der Waals surface area (Å²) in [7, 11) is 0. The quantitative estimate of drug-likeness (QED) is 0.906. The second-order valence-corrected chi connectivity index (χ2v) is 5.01. The molecule has 1 aromatic carbocycles. The first-order chi connectivity index (χ1) is 8.75. The lowest BCUT2D eigenvalue weighted by Gasteiger charge is -2.11. The number of hydrogen-bond acceptors (Lipinski definition) is 3. The lowest BCUT2D eigenvalue weighted by molar-refractivity contribution is -0.123. The van der Waals surface area contributed by atoms with E-state index in [-0.39, 0.29) is 18.6 Å². The largest absolute Gasteiger partial charge is 0.483 e. The van der Waals surface area contributed by atoms with E-state index >= 15 is 0 Å². The minimum Gasteiger partial charge on any atom is -0.483 e. The van der Waals surface area contributed by atoms with Crippen molar-refractivity contribution in [2.75, 3.05) is 19.8 Å². The van der Waals surface area contributed by atoms with Crippen LogP contribution < -0.4 is 10.1 Å². The van der Waals surface area contributed by atoms with Crippen LogP contribution in [0.3, 0.4) is 0 Å². The van der Waals surface area contributed by atoms with Gasteiger partial charge in [-0.2, -0.15) is 0 Å². The van der Waals surface area contributed by atoms with Gasteiger partial charge in [-0.3, -0.25) is 4.79 Å². The molecule has 98 valence electrons. The van der Waals surface area contributed by atoms with Gasteiger partial charge in [-0.15, -0.1) is 0 Å². The number of carbonyl (C=O) groups is 1. The number of benzene rings is 1. The third-order valence-electron chi connectivity index (χ3n) is 2.75. The molecule has 1 amide bonds. The van der Waals surface area contributed by atoms with Crippen molar-refractivity contribution in [1.29, 1.82) is 0 Å². The van der Waals surface area contributed by atoms with E-state index in [0.717, 1.165) is 23.9 Å². The predicted molar refractivity (Wildman–Crippen MR) is 71.6 cm³/mol. The zero-order chi connectivity index (χ0) is 12.8. The predicted octanol–water partition coefficient (Wildman–Crippen LogP) is 2.12. The van der Waals surface area contributed by atoms with Gasteiger partial charge in [0, 0.05) is 13.2 Å². The van der Waals surface area contributed by atoms with Crippen LogP contribution in [0, 0.1) is 0 Å². The van der Waals surface area contributed by atoms with E-state index in [9.17, 15) is 4.79 Å². The van der Waals surface area contributed by atoms with Crippen LogP contribution >= 0.6 is 15.9 Å². The molecule has 1 atom stereocenters. The van der Waals surface area contributed by atoms with Crippen molar-refractivity contribution in [2.24, 2.45) is 0 Å². The summed E-state index contributed by atoms with van der Waals surface area (Å²) in [5, 5.41) is 2.81. The summed E-state index contributed by atoms with van der Waals surface area (Å²) in [5.74, 6) is 0.547. The number of carbonyl (C=O) groups excluding carboxylic acids is 1. The molecule has 0 aromatic heterocycles. The molecule has 1 aliphatic heterocycles. The normalized spacial score (nSPS) is 18.6. The van der Waals surface area contributed by atoms with Gasteiger partial charge in [-0.1, -0.05) is 12.1 Å². The Labute approximate surface area is 115 Å². The molecule has 1 saturated heterocycles. The molecule has 4 nitrogen and oxygen atoms in total. The average Bonchev–Trinajstić information content (AvgIpc) is 2.88. The maximum Gasteiger partial charge on any atom is 0.258 e. The molecule has 0 bridgehead atoms. The molecule has 0 aliphatic carbocycles. The topological polar surface area (TPSA) is 47.6 Å². The number of halogens is 1. The van der Waals surface area contributed by atoms with E-state index < -0.39 is 0 Å². The number of rotatable bonds is 5. The Kier molecular flexibility index (Phi) is 5.01. The number of hydrogen-bond donors (Lipinski definition) is 1. The van der Waals surface area contributed by atoms with Crippen LogP contribution in [0.1, 0.15) is 12.8 Å². The first-order valence-corrected chi connectivity index (χ1v) is 6.80. The second-order valence-electron chi connectivity index (χ2n) is 4.16. The third-order valence-corrected chi connectivity index (χ3v) is 3.40. The van der Waals surface area contributed by atoms with Gasteiger partial charge in [-0.05, 0) is 40.9 Å². The summed E-state index contributed by atoms with van der Waals surface area (Å²) in [5.41, 5.74) is 0. The standard InChI is InChI=1S/C13H16BrNO3/c14-11-5-1-2-6-12(11)18-9-13(16)15-8-10-4-3-7-17-10/h1-2,5-6,10H,3-4,7-9H2,(H,15,16)/t10-/m1/s1. The minimum absolute atomic E-state index is 0.0231. The Morgan fingerprint density at radius 3 is 3.06 bits per heavy atom. The van der Waals surface area contributed by atoms with E-state index in [1.807, 2.05) is 24.3 Å². The lowest BCUT2D eigenvalue weighted by atomic mass is 10.2. The molecule has 0 spiro atoms. The van der Waals surface area contributed by atoms with Crippen molar-refractivity contribution in [3.63, 3.8) is 0 Å². The van der Waals surface area contributed by atoms with Crippen molar-refractivity contribution in [2.45, 2.75) is 18.9 Å². The van der Waals surface area contributed by atoms with E-state index in [1.165, 1.54) is 0 Å². The number of nitrogens with one attached hydrogen (secondary N) is 1. The van der Waals surface area contributed by atoms with Crippen molar-refractivity contribution < 1.29 is 14.3 Å². The summed E-state index contributed by atoms with van der Waals surface area (Å²) in [4.78, 5) is 11.6. The highest BCUT2D eigenvalue weighted by Crippen LogP contribution is 2.23. The summed E-state index contributed by atoms with van der Waals surface area (Å²) in [6.07, 6.45) is 2.26. The average molecular weight is 314 g/mol. The molecule has 1 aromatic rings. The summed E-state index contributed by atoms with van der Waals surface area (Å²) < 4.78 is 11.7. The summed E-state index contributed by atoms with van der Waals surface area (Å²) in [6.45, 7) is 1.39. The molecule has 1 fully saturated rings. The monoisotopic (exact) mass is 313 g/mol. The van der Waals surface area contributed by atoms with Crippen molar-refractivity contribution in [3.05, 3.63) is 28.7 Å². The molecule has 0 unspecified atom stereocenters. The van der Waals surface area contributed by atoms with Gasteiger partial charge >= 0.3 is 0 Å². The Hall–Kier alpha value is -1.07. The van der Waals surface area contributed by atoms with Gasteiger partial charge < -0.3 is 14.8 Å². The van der Waals surface area contributed by atoms with Gasteiger partial charge in [0.25, 0.3) is 5.91 Å². The van der Waals surface area contributed by atoms with Crippen LogP contribution in [0.25, 0.3) is 0 Å². The highest BCUT2D eigenvalue weighted by Gasteiger charge is 2.16. The molecular formula is C13H16BrNO3. The number of ether oxygens (including phenoxy) is 2. The summed E-state index contributed by atoms with van der Waals surface area (Å²) in [6, 6.07) is 7.45. The van der Waals surface area contributed by atoms with E-state index in [4.69, 9.17) is 9.47 Å². The third kappa shape index (κ3) is 3.99. The van der Waals surface area contributed by atoms with Gasteiger partial charge in [0.1, 0.15) is 5.75 Å². The van der Waals surface area contributed by atoms with Crippen LogP contribution in [0.5, 0.6) is 5.75 Å². The fourth-order valence-electron chi connectivity index (χ4n) is 1.79. The SMILES string of the molecule is O=C(COc1ccccc1Br)NC[C@H]1CCCO1. The highest BCUT2D eigenvalue weighted by atomic mass is 79.9. The summed E-state index contributed by atoms with van der Waals surface area (Å²) >= 11 is 3.36. The van der Waals surface area contributed by atoms with Gasteiger partial charge in [0.2, 0.25) is 0 Å². The zero-order valence-electron chi connectivity index (χ0n) is 10.0. The van der Waals surface area contributed by atoms with Gasteiger partial charge in [0.05, 0.1) is 10.6 Å². The van der Waals surface area contributed by atoms with Crippen LogP contribution in [-0.2, 0) is 9.53 Å². The second kappa shape index (κ2) is 6.75. The first-order valence-electron chi connectivity index (χ1n) is 6.01. The molecule has 1 aliphatic rings. The molecule has 18 heavy (non-hydrogen) atoms. The van der Waals surface area contributed by atoms with Crippen molar-refractivity contribution >= 4 is 21.8 Å². The maximum atomic E-state index is 11.6. The minimum atomic E-state index is -0.124. The molecule has 1 N–H and O–H groups in total. The highest BCUT2D eigenvalue weighted by molar-refractivity contribution is 9.10. The fraction of sp³-hybridized carbons (Fsp3) is 0.462. The smallest absolute Gasteiger partial charge is 0.258 e. The van der Waals surface area contributed by atoms with E-state index in [2.05, 4.69) is 21.2 Å². The molecule has 0 saturated carbocycles. The van der Waals surface area contributed by atoms with E-state index in [0.29, 0.717) is 12.3 Å². The van der Waals surface area contributed by atoms with Crippen LogP contribution in [0.4, 0.5) is 0 Å². The van der Waals surface area contributed by atoms with Crippen LogP contribution in [0.2, 0.25) is 0 Å².